The zero-order valence-corrected chi connectivity index (χ0v) is 10.6. The maximum absolute atomic E-state index is 10.3. The number of carbonyl (C=O) groups is 1. The third-order valence-corrected chi connectivity index (χ3v) is 2.57. The molecule has 0 bridgehead atoms. The summed E-state index contributed by atoms with van der Waals surface area (Å²) in [6.45, 7) is 7.72. The summed E-state index contributed by atoms with van der Waals surface area (Å²) < 4.78 is 11.1. The lowest BCUT2D eigenvalue weighted by Crippen LogP contribution is -2.41. The van der Waals surface area contributed by atoms with E-state index in [9.17, 15) is 4.79 Å². The van der Waals surface area contributed by atoms with Crippen molar-refractivity contribution in [1.82, 2.24) is 0 Å². The number of amides is 2. The predicted molar refractivity (Wildman–Crippen MR) is 63.7 cm³/mol. The third-order valence-electron chi connectivity index (χ3n) is 2.57. The molecule has 1 aliphatic heterocycles. The molecule has 0 atom stereocenters. The van der Waals surface area contributed by atoms with Gasteiger partial charge in [-0.15, -0.1) is 12.4 Å². The fraction of sp³-hybridized carbons (Fsp3) is 0.600. The van der Waals surface area contributed by atoms with Gasteiger partial charge in [-0.2, -0.15) is 0 Å². The highest BCUT2D eigenvalue weighted by molar-refractivity contribution is 5.86. The molecule has 0 unspecified atom stereocenters. The molecule has 0 aromatic heterocycles. The average molecular weight is 249 g/mol. The first-order chi connectivity index (χ1) is 6.74. The molecule has 1 fully saturated rings. The molecule has 2 N–H and O–H groups in total. The van der Waals surface area contributed by atoms with Gasteiger partial charge < -0.3 is 15.2 Å². The van der Waals surface area contributed by atoms with Crippen LogP contribution in [0, 0.1) is 0 Å². The summed E-state index contributed by atoms with van der Waals surface area (Å²) in [5.74, 6) is 0.343. The Morgan fingerprint density at radius 3 is 2.06 bits per heavy atom. The van der Waals surface area contributed by atoms with Gasteiger partial charge in [0.1, 0.15) is 11.2 Å². The highest BCUT2D eigenvalue weighted by Crippen LogP contribution is 2.39. The molecule has 1 saturated heterocycles. The lowest BCUT2D eigenvalue weighted by atomic mass is 9.90. The second-order valence-electron chi connectivity index (χ2n) is 4.33. The number of urea groups is 1. The van der Waals surface area contributed by atoms with Crippen molar-refractivity contribution in [2.24, 2.45) is 10.7 Å². The van der Waals surface area contributed by atoms with Crippen molar-refractivity contribution in [2.75, 3.05) is 0 Å². The molecule has 0 aliphatic carbocycles. The number of nitrogens with two attached hydrogens (primary N) is 1. The minimum atomic E-state index is -0.747. The largest absolute Gasteiger partial charge is 0.455 e. The summed E-state index contributed by atoms with van der Waals surface area (Å²) in [4.78, 5) is 13.7. The second-order valence-corrected chi connectivity index (χ2v) is 4.33. The minimum Gasteiger partial charge on any atom is -0.455 e. The predicted octanol–water partition coefficient (Wildman–Crippen LogP) is 2.00. The van der Waals surface area contributed by atoms with Crippen molar-refractivity contribution < 1.29 is 14.3 Å². The minimum absolute atomic E-state index is 0. The summed E-state index contributed by atoms with van der Waals surface area (Å²) in [6, 6.07) is -0.747. The molecule has 0 saturated carbocycles. The van der Waals surface area contributed by atoms with Crippen LogP contribution < -0.4 is 5.73 Å². The highest BCUT2D eigenvalue weighted by Gasteiger charge is 2.48. The van der Waals surface area contributed by atoms with Crippen LogP contribution in [0.15, 0.2) is 17.0 Å². The molecule has 0 spiro atoms. The first-order valence-corrected chi connectivity index (χ1v) is 4.66. The molecular weight excluding hydrogens is 232 g/mol. The summed E-state index contributed by atoms with van der Waals surface area (Å²) >= 11 is 0. The number of rotatable bonds is 1. The maximum atomic E-state index is 10.3. The van der Waals surface area contributed by atoms with E-state index in [1.807, 2.05) is 27.7 Å². The van der Waals surface area contributed by atoms with E-state index in [2.05, 4.69) is 4.99 Å². The third kappa shape index (κ3) is 3.13. The van der Waals surface area contributed by atoms with Crippen LogP contribution in [-0.4, -0.2) is 23.4 Å². The van der Waals surface area contributed by atoms with Gasteiger partial charge in [0.2, 0.25) is 0 Å². The number of allylic oxidation sites excluding steroid dienone is 1. The zero-order chi connectivity index (χ0) is 11.7. The lowest BCUT2D eigenvalue weighted by Gasteiger charge is -2.28. The Morgan fingerprint density at radius 2 is 1.69 bits per heavy atom. The molecule has 92 valence electrons. The van der Waals surface area contributed by atoms with Gasteiger partial charge in [-0.05, 0) is 27.7 Å². The van der Waals surface area contributed by atoms with Crippen LogP contribution in [0.4, 0.5) is 4.79 Å². The van der Waals surface area contributed by atoms with Crippen LogP contribution in [0.3, 0.4) is 0 Å². The van der Waals surface area contributed by atoms with Gasteiger partial charge in [0.15, 0.2) is 0 Å². The van der Waals surface area contributed by atoms with E-state index in [1.165, 1.54) is 12.3 Å². The zero-order valence-electron chi connectivity index (χ0n) is 9.81. The SMILES string of the molecule is CC1(C)OC(=CC=NC(N)=O)OC1(C)C.Cl. The molecule has 1 rings (SSSR count). The number of halogens is 1. The Bertz CT molecular complexity index is 317. The quantitative estimate of drug-likeness (QED) is 0.722. The molecule has 16 heavy (non-hydrogen) atoms. The van der Waals surface area contributed by atoms with Crippen molar-refractivity contribution in [3.05, 3.63) is 12.0 Å². The molecular formula is C10H17ClN2O3. The van der Waals surface area contributed by atoms with E-state index in [0.29, 0.717) is 5.95 Å². The Hall–Kier alpha value is -1.23. The van der Waals surface area contributed by atoms with Crippen LogP contribution in [-0.2, 0) is 9.47 Å². The van der Waals surface area contributed by atoms with Crippen molar-refractivity contribution in [3.8, 4) is 0 Å². The van der Waals surface area contributed by atoms with E-state index >= 15 is 0 Å². The lowest BCUT2D eigenvalue weighted by molar-refractivity contribution is 0.00578. The number of ether oxygens (including phenoxy) is 2. The highest BCUT2D eigenvalue weighted by atomic mass is 35.5. The fourth-order valence-electron chi connectivity index (χ4n) is 1.01. The summed E-state index contributed by atoms with van der Waals surface area (Å²) in [6.07, 6.45) is 2.73. The van der Waals surface area contributed by atoms with Gasteiger partial charge in [-0.25, -0.2) is 9.79 Å². The molecule has 5 nitrogen and oxygen atoms in total. The van der Waals surface area contributed by atoms with Gasteiger partial charge in [0.25, 0.3) is 5.95 Å². The number of aliphatic imine (C=N–C) groups is 1. The number of hydrogen-bond acceptors (Lipinski definition) is 3. The van der Waals surface area contributed by atoms with E-state index in [0.717, 1.165) is 0 Å². The monoisotopic (exact) mass is 248 g/mol. The van der Waals surface area contributed by atoms with Crippen molar-refractivity contribution >= 4 is 24.7 Å². The summed E-state index contributed by atoms with van der Waals surface area (Å²) in [5.41, 5.74) is 4.00. The normalized spacial score (nSPS) is 20.9. The van der Waals surface area contributed by atoms with Crippen molar-refractivity contribution in [1.29, 1.82) is 0 Å². The van der Waals surface area contributed by atoms with Gasteiger partial charge >= 0.3 is 6.03 Å². The smallest absolute Gasteiger partial charge is 0.338 e. The second kappa shape index (κ2) is 4.74. The Morgan fingerprint density at radius 1 is 1.25 bits per heavy atom. The van der Waals surface area contributed by atoms with Crippen LogP contribution in [0.5, 0.6) is 0 Å². The van der Waals surface area contributed by atoms with E-state index in [4.69, 9.17) is 15.2 Å². The molecule has 0 radical (unpaired) electrons. The van der Waals surface area contributed by atoms with Crippen LogP contribution in [0.2, 0.25) is 0 Å². The average Bonchev–Trinajstić information content (AvgIpc) is 2.19. The Balaban J connectivity index is 0.00000225. The van der Waals surface area contributed by atoms with Gasteiger partial charge in [0.05, 0.1) is 0 Å². The van der Waals surface area contributed by atoms with Gasteiger partial charge in [0, 0.05) is 12.3 Å². The van der Waals surface area contributed by atoms with Crippen LogP contribution >= 0.6 is 12.4 Å². The van der Waals surface area contributed by atoms with Crippen LogP contribution in [0.1, 0.15) is 27.7 Å². The molecule has 1 aliphatic rings. The van der Waals surface area contributed by atoms with Crippen LogP contribution in [0.25, 0.3) is 0 Å². The Labute approximate surface area is 101 Å². The first-order valence-electron chi connectivity index (χ1n) is 4.66. The molecule has 1 heterocycles. The Kier molecular flexibility index (Phi) is 4.37. The molecule has 6 heteroatoms. The van der Waals surface area contributed by atoms with Gasteiger partial charge in [-0.3, -0.25) is 0 Å². The maximum Gasteiger partial charge on any atom is 0.338 e. The number of nitrogens with zero attached hydrogens (tertiary/aromatic N) is 1. The standard InChI is InChI=1S/C10H16N2O3.ClH/c1-9(2)10(3,4)15-7(14-9)5-6-12-8(11)13;/h5-6H,1-4H3,(H2,11,13);1H. The summed E-state index contributed by atoms with van der Waals surface area (Å²) in [7, 11) is 0. The van der Waals surface area contributed by atoms with Gasteiger partial charge in [-0.1, -0.05) is 0 Å². The van der Waals surface area contributed by atoms with E-state index in [1.54, 1.807) is 0 Å². The number of carbonyl (C=O) groups excluding carboxylic acids is 1. The molecule has 0 aromatic carbocycles. The number of primary amides is 1. The molecule has 0 aromatic rings. The van der Waals surface area contributed by atoms with E-state index in [-0.39, 0.29) is 12.4 Å². The fourth-order valence-corrected chi connectivity index (χ4v) is 1.01. The summed E-state index contributed by atoms with van der Waals surface area (Å²) in [5, 5.41) is 0. The van der Waals surface area contributed by atoms with E-state index < -0.39 is 17.2 Å². The molecule has 2 amide bonds. The topological polar surface area (TPSA) is 73.9 Å². The van der Waals surface area contributed by atoms with Crippen molar-refractivity contribution in [3.63, 3.8) is 0 Å². The van der Waals surface area contributed by atoms with Crippen molar-refractivity contribution in [2.45, 2.75) is 38.9 Å². The number of hydrogen-bond donors (Lipinski definition) is 1. The first kappa shape index (κ1) is 14.8.